The van der Waals surface area contributed by atoms with E-state index < -0.39 is 0 Å². The van der Waals surface area contributed by atoms with Gasteiger partial charge in [0.05, 0.1) is 6.20 Å². The van der Waals surface area contributed by atoms with E-state index >= 15 is 0 Å². The van der Waals surface area contributed by atoms with E-state index in [2.05, 4.69) is 22.0 Å². The lowest BCUT2D eigenvalue weighted by molar-refractivity contribution is 0.384. The van der Waals surface area contributed by atoms with Crippen LogP contribution in [0.25, 0.3) is 5.65 Å². The van der Waals surface area contributed by atoms with Crippen LogP contribution in [0.4, 0.5) is 5.82 Å². The van der Waals surface area contributed by atoms with Gasteiger partial charge >= 0.3 is 0 Å². The van der Waals surface area contributed by atoms with Crippen LogP contribution < -0.4 is 10.6 Å². The van der Waals surface area contributed by atoms with Crippen molar-refractivity contribution in [3.05, 3.63) is 24.5 Å². The summed E-state index contributed by atoms with van der Waals surface area (Å²) in [5, 5.41) is 4.16. The van der Waals surface area contributed by atoms with Gasteiger partial charge in [-0.05, 0) is 31.7 Å². The summed E-state index contributed by atoms with van der Waals surface area (Å²) in [6, 6.07) is 4.89. The number of hydrogen-bond acceptors (Lipinski definition) is 4. The van der Waals surface area contributed by atoms with Crippen molar-refractivity contribution >= 4 is 11.5 Å². The van der Waals surface area contributed by atoms with Crippen molar-refractivity contribution in [1.29, 1.82) is 0 Å². The summed E-state index contributed by atoms with van der Waals surface area (Å²) in [6.45, 7) is 0. The molecule has 1 aliphatic carbocycles. The molecule has 2 aromatic rings. The third kappa shape index (κ3) is 2.06. The van der Waals surface area contributed by atoms with Gasteiger partial charge in [0.2, 0.25) is 0 Å². The zero-order valence-electron chi connectivity index (χ0n) is 10.7. The molecule has 0 atom stereocenters. The maximum atomic E-state index is 5.95. The van der Waals surface area contributed by atoms with Crippen LogP contribution in [0.5, 0.6) is 0 Å². The minimum atomic E-state index is 0.389. The minimum absolute atomic E-state index is 0.389. The summed E-state index contributed by atoms with van der Waals surface area (Å²) >= 11 is 0. The largest absolute Gasteiger partial charge is 0.357 e. The normalized spacial score (nSPS) is 24.3. The van der Waals surface area contributed by atoms with Crippen molar-refractivity contribution in [2.24, 2.45) is 5.73 Å². The molecule has 0 amide bonds. The van der Waals surface area contributed by atoms with Crippen molar-refractivity contribution in [1.82, 2.24) is 14.6 Å². The summed E-state index contributed by atoms with van der Waals surface area (Å²) in [5.41, 5.74) is 6.85. The van der Waals surface area contributed by atoms with E-state index in [9.17, 15) is 0 Å². The molecule has 0 radical (unpaired) electrons. The molecule has 0 bridgehead atoms. The van der Waals surface area contributed by atoms with Crippen LogP contribution in [0, 0.1) is 0 Å². The van der Waals surface area contributed by atoms with E-state index in [1.807, 2.05) is 18.3 Å². The van der Waals surface area contributed by atoms with Crippen LogP contribution >= 0.6 is 0 Å². The molecule has 0 aliphatic heterocycles. The number of nitrogens with two attached hydrogens (primary N) is 1. The Morgan fingerprint density at radius 1 is 1.28 bits per heavy atom. The van der Waals surface area contributed by atoms with Gasteiger partial charge in [0, 0.05) is 31.4 Å². The van der Waals surface area contributed by atoms with E-state index in [0.717, 1.165) is 37.1 Å². The zero-order chi connectivity index (χ0) is 12.5. The molecular weight excluding hydrogens is 226 g/mol. The number of fused-ring (bicyclic) bond motifs is 1. The van der Waals surface area contributed by atoms with Crippen molar-refractivity contribution in [2.75, 3.05) is 11.9 Å². The molecule has 18 heavy (non-hydrogen) atoms. The molecule has 1 saturated carbocycles. The van der Waals surface area contributed by atoms with Gasteiger partial charge in [0.25, 0.3) is 0 Å². The van der Waals surface area contributed by atoms with E-state index in [4.69, 9.17) is 5.73 Å². The van der Waals surface area contributed by atoms with Crippen LogP contribution in [0.3, 0.4) is 0 Å². The second-order valence-electron chi connectivity index (χ2n) is 5.10. The first-order chi connectivity index (χ1) is 8.74. The molecule has 1 fully saturated rings. The van der Waals surface area contributed by atoms with Gasteiger partial charge in [-0.1, -0.05) is 0 Å². The minimum Gasteiger partial charge on any atom is -0.357 e. The van der Waals surface area contributed by atoms with Gasteiger partial charge in [-0.2, -0.15) is 5.10 Å². The first kappa shape index (κ1) is 11.5. The fourth-order valence-corrected chi connectivity index (χ4v) is 2.67. The Bertz CT molecular complexity index is 527. The molecule has 0 unspecified atom stereocenters. The monoisotopic (exact) mass is 245 g/mol. The Balaban J connectivity index is 1.80. The highest BCUT2D eigenvalue weighted by Gasteiger charge is 2.22. The Morgan fingerprint density at radius 2 is 2.06 bits per heavy atom. The maximum absolute atomic E-state index is 5.95. The van der Waals surface area contributed by atoms with Crippen molar-refractivity contribution < 1.29 is 0 Å². The molecule has 3 rings (SSSR count). The number of rotatable bonds is 2. The van der Waals surface area contributed by atoms with Gasteiger partial charge in [-0.25, -0.2) is 9.50 Å². The molecule has 96 valence electrons. The summed E-state index contributed by atoms with van der Waals surface area (Å²) in [7, 11) is 2.12. The maximum Gasteiger partial charge on any atom is 0.157 e. The van der Waals surface area contributed by atoms with Gasteiger partial charge in [0.1, 0.15) is 5.82 Å². The van der Waals surface area contributed by atoms with E-state index in [1.54, 1.807) is 10.7 Å². The number of nitrogens with zero attached hydrogens (tertiary/aromatic N) is 4. The number of anilines is 1. The number of aromatic nitrogens is 3. The summed E-state index contributed by atoms with van der Waals surface area (Å²) in [5.74, 6) is 1.02. The Morgan fingerprint density at radius 3 is 2.83 bits per heavy atom. The second kappa shape index (κ2) is 4.57. The fourth-order valence-electron chi connectivity index (χ4n) is 2.67. The van der Waals surface area contributed by atoms with Crippen LogP contribution in [0.2, 0.25) is 0 Å². The predicted octanol–water partition coefficient (Wildman–Crippen LogP) is 1.44. The first-order valence-corrected chi connectivity index (χ1v) is 6.53. The third-order valence-corrected chi connectivity index (χ3v) is 3.89. The topological polar surface area (TPSA) is 59.5 Å². The quantitative estimate of drug-likeness (QED) is 0.869. The van der Waals surface area contributed by atoms with Crippen LogP contribution in [0.15, 0.2) is 24.5 Å². The summed E-state index contributed by atoms with van der Waals surface area (Å²) < 4.78 is 1.79. The molecule has 2 heterocycles. The Hall–Kier alpha value is -1.62. The van der Waals surface area contributed by atoms with Crippen molar-refractivity contribution in [3.8, 4) is 0 Å². The van der Waals surface area contributed by atoms with E-state index in [1.165, 1.54) is 0 Å². The van der Waals surface area contributed by atoms with Crippen LogP contribution in [-0.4, -0.2) is 33.7 Å². The van der Waals surface area contributed by atoms with Gasteiger partial charge < -0.3 is 10.6 Å². The standard InChI is InChI=1S/C13H19N5/c1-17(11-4-2-10(14)3-5-11)12-7-9-18-13(16-12)6-8-15-18/h6-11H,2-5,14H2,1H3. The number of hydrogen-bond donors (Lipinski definition) is 1. The SMILES string of the molecule is CN(c1ccn2nccc2n1)C1CCC(N)CC1. The highest BCUT2D eigenvalue weighted by molar-refractivity contribution is 5.47. The Labute approximate surface area is 107 Å². The van der Waals surface area contributed by atoms with E-state index in [-0.39, 0.29) is 0 Å². The molecule has 0 spiro atoms. The predicted molar refractivity (Wildman–Crippen MR) is 71.6 cm³/mol. The van der Waals surface area contributed by atoms with Gasteiger partial charge in [0.15, 0.2) is 5.65 Å². The second-order valence-corrected chi connectivity index (χ2v) is 5.10. The fraction of sp³-hybridized carbons (Fsp3) is 0.538. The molecular formula is C13H19N5. The molecule has 2 aromatic heterocycles. The summed E-state index contributed by atoms with van der Waals surface area (Å²) in [4.78, 5) is 6.90. The lowest BCUT2D eigenvalue weighted by Gasteiger charge is -2.34. The van der Waals surface area contributed by atoms with Crippen LogP contribution in [-0.2, 0) is 0 Å². The lowest BCUT2D eigenvalue weighted by atomic mass is 9.91. The summed E-state index contributed by atoms with van der Waals surface area (Å²) in [6.07, 6.45) is 8.27. The molecule has 1 aliphatic rings. The highest BCUT2D eigenvalue weighted by atomic mass is 15.3. The van der Waals surface area contributed by atoms with Crippen LogP contribution in [0.1, 0.15) is 25.7 Å². The third-order valence-electron chi connectivity index (χ3n) is 3.89. The molecule has 2 N–H and O–H groups in total. The van der Waals surface area contributed by atoms with Crippen molar-refractivity contribution in [3.63, 3.8) is 0 Å². The smallest absolute Gasteiger partial charge is 0.157 e. The average molecular weight is 245 g/mol. The first-order valence-electron chi connectivity index (χ1n) is 6.53. The molecule has 5 nitrogen and oxygen atoms in total. The van der Waals surface area contributed by atoms with E-state index in [0.29, 0.717) is 12.1 Å². The van der Waals surface area contributed by atoms with Crippen molar-refractivity contribution in [2.45, 2.75) is 37.8 Å². The molecule has 5 heteroatoms. The zero-order valence-corrected chi connectivity index (χ0v) is 10.7. The molecule has 0 saturated heterocycles. The highest BCUT2D eigenvalue weighted by Crippen LogP contribution is 2.24. The van der Waals surface area contributed by atoms with Gasteiger partial charge in [-0.3, -0.25) is 0 Å². The Kier molecular flexibility index (Phi) is 2.91. The molecule has 0 aromatic carbocycles. The average Bonchev–Trinajstić information content (AvgIpc) is 2.86. The lowest BCUT2D eigenvalue weighted by Crippen LogP contribution is -2.39. The van der Waals surface area contributed by atoms with Gasteiger partial charge in [-0.15, -0.1) is 0 Å².